The van der Waals surface area contributed by atoms with Gasteiger partial charge >= 0.3 is 0 Å². The minimum absolute atomic E-state index is 0.195. The van der Waals surface area contributed by atoms with E-state index in [4.69, 9.17) is 11.6 Å². The average molecular weight is 259 g/mol. The molecular weight excluding hydrogens is 255 g/mol. The van der Waals surface area contributed by atoms with Gasteiger partial charge in [0.05, 0.1) is 10.9 Å². The summed E-state index contributed by atoms with van der Waals surface area (Å²) < 4.78 is 0.423. The molecule has 0 spiro atoms. The Balaban J connectivity index is 2.95. The van der Waals surface area contributed by atoms with Crippen molar-refractivity contribution >= 4 is 38.4 Å². The molecule has 0 aliphatic heterocycles. The van der Waals surface area contributed by atoms with Crippen molar-refractivity contribution in [3.63, 3.8) is 0 Å². The van der Waals surface area contributed by atoms with E-state index in [1.165, 1.54) is 0 Å². The van der Waals surface area contributed by atoms with E-state index < -0.39 is 0 Å². The quantitative estimate of drug-likeness (QED) is 0.738. The van der Waals surface area contributed by atoms with Crippen molar-refractivity contribution in [2.75, 3.05) is 0 Å². The SMILES string of the molecule is O=c1[nH]c(Br)nc2ccc(Cl)cc12. The maximum atomic E-state index is 11.4. The highest BCUT2D eigenvalue weighted by molar-refractivity contribution is 9.10. The molecule has 1 heterocycles. The smallest absolute Gasteiger partial charge is 0.259 e. The summed E-state index contributed by atoms with van der Waals surface area (Å²) in [5.74, 6) is 0. The fourth-order valence-corrected chi connectivity index (χ4v) is 1.63. The molecule has 2 rings (SSSR count). The molecular formula is C8H4BrClN2O. The van der Waals surface area contributed by atoms with Crippen LogP contribution >= 0.6 is 27.5 Å². The zero-order valence-electron chi connectivity index (χ0n) is 6.34. The van der Waals surface area contributed by atoms with E-state index in [9.17, 15) is 4.79 Å². The second-order valence-electron chi connectivity index (χ2n) is 2.52. The van der Waals surface area contributed by atoms with Crippen LogP contribution in [0, 0.1) is 0 Å². The van der Waals surface area contributed by atoms with Crippen molar-refractivity contribution in [1.29, 1.82) is 0 Å². The Kier molecular flexibility index (Phi) is 2.09. The van der Waals surface area contributed by atoms with Crippen molar-refractivity contribution in [3.05, 3.63) is 38.3 Å². The first-order valence-corrected chi connectivity index (χ1v) is 4.69. The average Bonchev–Trinajstić information content (AvgIpc) is 2.06. The zero-order chi connectivity index (χ0) is 9.42. The maximum absolute atomic E-state index is 11.4. The summed E-state index contributed by atoms with van der Waals surface area (Å²) in [6.07, 6.45) is 0. The van der Waals surface area contributed by atoms with E-state index >= 15 is 0 Å². The summed E-state index contributed by atoms with van der Waals surface area (Å²) in [6.45, 7) is 0. The van der Waals surface area contributed by atoms with Gasteiger partial charge in [-0.1, -0.05) is 11.6 Å². The molecule has 0 saturated carbocycles. The Bertz CT molecular complexity index is 523. The number of hydrogen-bond acceptors (Lipinski definition) is 2. The number of rotatable bonds is 0. The Morgan fingerprint density at radius 1 is 1.46 bits per heavy atom. The van der Waals surface area contributed by atoms with Crippen molar-refractivity contribution in [2.45, 2.75) is 0 Å². The van der Waals surface area contributed by atoms with Crippen molar-refractivity contribution in [2.24, 2.45) is 0 Å². The van der Waals surface area contributed by atoms with E-state index in [0.29, 0.717) is 20.7 Å². The Hall–Kier alpha value is -0.870. The normalized spacial score (nSPS) is 10.6. The standard InChI is InChI=1S/C8H4BrClN2O/c9-8-11-6-2-1-4(10)3-5(6)7(13)12-8/h1-3H,(H,11,12,13). The van der Waals surface area contributed by atoms with Crippen LogP contribution in [0.4, 0.5) is 0 Å². The predicted molar refractivity (Wildman–Crippen MR) is 55.1 cm³/mol. The molecule has 1 N–H and O–H groups in total. The van der Waals surface area contributed by atoms with E-state index in [2.05, 4.69) is 25.9 Å². The molecule has 1 aromatic heterocycles. The fraction of sp³-hybridized carbons (Fsp3) is 0. The molecule has 0 radical (unpaired) electrons. The summed E-state index contributed by atoms with van der Waals surface area (Å²) in [7, 11) is 0. The molecule has 2 aromatic rings. The lowest BCUT2D eigenvalue weighted by Crippen LogP contribution is -2.07. The largest absolute Gasteiger partial charge is 0.301 e. The molecule has 13 heavy (non-hydrogen) atoms. The summed E-state index contributed by atoms with van der Waals surface area (Å²) in [6, 6.07) is 5.00. The number of aromatic nitrogens is 2. The second-order valence-corrected chi connectivity index (χ2v) is 3.71. The van der Waals surface area contributed by atoms with Gasteiger partial charge in [-0.15, -0.1) is 0 Å². The van der Waals surface area contributed by atoms with Gasteiger partial charge in [0.1, 0.15) is 0 Å². The molecule has 66 valence electrons. The first-order valence-electron chi connectivity index (χ1n) is 3.52. The molecule has 3 nitrogen and oxygen atoms in total. The predicted octanol–water partition coefficient (Wildman–Crippen LogP) is 2.34. The Morgan fingerprint density at radius 3 is 3.00 bits per heavy atom. The number of H-pyrrole nitrogens is 1. The maximum Gasteiger partial charge on any atom is 0.259 e. The lowest BCUT2D eigenvalue weighted by atomic mass is 10.2. The van der Waals surface area contributed by atoms with Gasteiger partial charge < -0.3 is 4.98 Å². The van der Waals surface area contributed by atoms with Crippen LogP contribution in [0.1, 0.15) is 0 Å². The molecule has 0 aliphatic carbocycles. The van der Waals surface area contributed by atoms with Crippen LogP contribution in [0.2, 0.25) is 5.02 Å². The van der Waals surface area contributed by atoms with Crippen LogP contribution in [0.25, 0.3) is 10.9 Å². The molecule has 0 unspecified atom stereocenters. The van der Waals surface area contributed by atoms with Crippen LogP contribution in [-0.4, -0.2) is 9.97 Å². The van der Waals surface area contributed by atoms with Gasteiger partial charge in [-0.3, -0.25) is 4.79 Å². The molecule has 1 aromatic carbocycles. The van der Waals surface area contributed by atoms with Gasteiger partial charge in [-0.05, 0) is 34.1 Å². The number of nitrogens with zero attached hydrogens (tertiary/aromatic N) is 1. The van der Waals surface area contributed by atoms with Gasteiger partial charge in [0, 0.05) is 5.02 Å². The number of hydrogen-bond donors (Lipinski definition) is 1. The minimum atomic E-state index is -0.195. The summed E-state index contributed by atoms with van der Waals surface area (Å²) in [4.78, 5) is 18.0. The minimum Gasteiger partial charge on any atom is -0.301 e. The summed E-state index contributed by atoms with van der Waals surface area (Å²) in [5.41, 5.74) is 0.430. The molecule has 0 amide bonds. The van der Waals surface area contributed by atoms with Crippen molar-refractivity contribution in [3.8, 4) is 0 Å². The van der Waals surface area contributed by atoms with Crippen LogP contribution in [0.5, 0.6) is 0 Å². The number of aromatic amines is 1. The van der Waals surface area contributed by atoms with Gasteiger partial charge in [0.15, 0.2) is 4.73 Å². The highest BCUT2D eigenvalue weighted by Gasteiger charge is 2.01. The second kappa shape index (κ2) is 3.12. The Morgan fingerprint density at radius 2 is 2.23 bits per heavy atom. The van der Waals surface area contributed by atoms with Crippen LogP contribution in [-0.2, 0) is 0 Å². The van der Waals surface area contributed by atoms with Crippen molar-refractivity contribution < 1.29 is 0 Å². The van der Waals surface area contributed by atoms with Gasteiger partial charge in [0.2, 0.25) is 0 Å². The number of nitrogens with one attached hydrogen (secondary N) is 1. The van der Waals surface area contributed by atoms with Gasteiger partial charge in [-0.25, -0.2) is 4.98 Å². The lowest BCUT2D eigenvalue weighted by Gasteiger charge is -1.96. The third kappa shape index (κ3) is 1.59. The molecule has 5 heteroatoms. The molecule has 0 bridgehead atoms. The van der Waals surface area contributed by atoms with E-state index in [1.807, 2.05) is 0 Å². The van der Waals surface area contributed by atoms with Crippen molar-refractivity contribution in [1.82, 2.24) is 9.97 Å². The Labute approximate surface area is 86.9 Å². The first kappa shape index (κ1) is 8.72. The molecule has 0 saturated heterocycles. The third-order valence-electron chi connectivity index (χ3n) is 1.64. The number of benzene rings is 1. The van der Waals surface area contributed by atoms with Gasteiger partial charge in [-0.2, -0.15) is 0 Å². The highest BCUT2D eigenvalue weighted by Crippen LogP contribution is 2.15. The topological polar surface area (TPSA) is 45.8 Å². The van der Waals surface area contributed by atoms with Crippen LogP contribution in [0.15, 0.2) is 27.7 Å². The van der Waals surface area contributed by atoms with E-state index in [0.717, 1.165) is 0 Å². The lowest BCUT2D eigenvalue weighted by molar-refractivity contribution is 1.12. The number of fused-ring (bicyclic) bond motifs is 1. The van der Waals surface area contributed by atoms with Crippen LogP contribution in [0.3, 0.4) is 0 Å². The van der Waals surface area contributed by atoms with Gasteiger partial charge in [0.25, 0.3) is 5.56 Å². The first-order chi connectivity index (χ1) is 6.16. The van der Waals surface area contributed by atoms with E-state index in [1.54, 1.807) is 18.2 Å². The highest BCUT2D eigenvalue weighted by atomic mass is 79.9. The summed E-state index contributed by atoms with van der Waals surface area (Å²) in [5, 5.41) is 1.03. The molecule has 0 aliphatic rings. The molecule has 0 atom stereocenters. The third-order valence-corrected chi connectivity index (χ3v) is 2.25. The van der Waals surface area contributed by atoms with E-state index in [-0.39, 0.29) is 5.56 Å². The number of halogens is 2. The zero-order valence-corrected chi connectivity index (χ0v) is 8.69. The molecule has 0 fully saturated rings. The fourth-order valence-electron chi connectivity index (χ4n) is 1.08. The monoisotopic (exact) mass is 258 g/mol. The summed E-state index contributed by atoms with van der Waals surface area (Å²) >= 11 is 8.84. The van der Waals surface area contributed by atoms with Crippen LogP contribution < -0.4 is 5.56 Å².